The second kappa shape index (κ2) is 10.4. The highest BCUT2D eigenvalue weighted by atomic mass is 19.1. The first-order valence-electron chi connectivity index (χ1n) is 10.7. The Kier molecular flexibility index (Phi) is 7.63. The lowest BCUT2D eigenvalue weighted by molar-refractivity contribution is -0.127. The minimum atomic E-state index is -0.917. The van der Waals surface area contributed by atoms with E-state index in [1.54, 1.807) is 6.07 Å². The Morgan fingerprint density at radius 3 is 2.39 bits per heavy atom. The van der Waals surface area contributed by atoms with Crippen LogP contribution in [0, 0.1) is 5.82 Å². The fourth-order valence-corrected chi connectivity index (χ4v) is 4.10. The van der Waals surface area contributed by atoms with Gasteiger partial charge in [0.15, 0.2) is 0 Å². The summed E-state index contributed by atoms with van der Waals surface area (Å²) < 4.78 is 13.7. The van der Waals surface area contributed by atoms with Gasteiger partial charge in [-0.3, -0.25) is 4.79 Å². The van der Waals surface area contributed by atoms with Crippen molar-refractivity contribution in [2.24, 2.45) is 0 Å². The topological polar surface area (TPSA) is 73.5 Å². The van der Waals surface area contributed by atoms with Crippen LogP contribution in [0.2, 0.25) is 0 Å². The van der Waals surface area contributed by atoms with Crippen molar-refractivity contribution in [2.75, 3.05) is 20.6 Å². The summed E-state index contributed by atoms with van der Waals surface area (Å²) in [6.45, 7) is 0.719. The van der Waals surface area contributed by atoms with Gasteiger partial charge in [0.25, 0.3) is 0 Å². The molecule has 0 saturated heterocycles. The largest absolute Gasteiger partial charge is 0.352 e. The molecule has 0 aromatic heterocycles. The second-order valence-corrected chi connectivity index (χ2v) is 8.33. The molecule has 2 aromatic carbocycles. The quantitative estimate of drug-likeness (QED) is 0.606. The summed E-state index contributed by atoms with van der Waals surface area (Å²) in [5.74, 6) is -0.497. The Labute approximate surface area is 183 Å². The van der Waals surface area contributed by atoms with Gasteiger partial charge < -0.3 is 20.9 Å². The normalized spacial score (nSPS) is 16.0. The molecule has 0 bridgehead atoms. The fourth-order valence-electron chi connectivity index (χ4n) is 4.10. The molecule has 0 aliphatic heterocycles. The van der Waals surface area contributed by atoms with Crippen molar-refractivity contribution in [3.05, 3.63) is 71.5 Å². The molecule has 3 amide bonds. The summed E-state index contributed by atoms with van der Waals surface area (Å²) in [5, 5.41) is 8.77. The molecule has 1 aliphatic carbocycles. The van der Waals surface area contributed by atoms with Gasteiger partial charge in [0.1, 0.15) is 11.4 Å². The van der Waals surface area contributed by atoms with Crippen LogP contribution in [0.4, 0.5) is 9.18 Å². The van der Waals surface area contributed by atoms with Gasteiger partial charge >= 0.3 is 6.03 Å². The lowest BCUT2D eigenvalue weighted by Crippen LogP contribution is -2.59. The number of urea groups is 1. The molecule has 1 fully saturated rings. The van der Waals surface area contributed by atoms with E-state index in [4.69, 9.17) is 0 Å². The first kappa shape index (κ1) is 22.7. The van der Waals surface area contributed by atoms with E-state index in [1.807, 2.05) is 55.4 Å². The predicted octanol–water partition coefficient (Wildman–Crippen LogP) is 3.36. The summed E-state index contributed by atoms with van der Waals surface area (Å²) >= 11 is 0. The number of likely N-dealkylation sites (N-methyl/N-ethyl adjacent to an activating group) is 1. The van der Waals surface area contributed by atoms with Crippen molar-refractivity contribution in [3.63, 3.8) is 0 Å². The Hall–Kier alpha value is -2.93. The van der Waals surface area contributed by atoms with Crippen LogP contribution >= 0.6 is 0 Å². The Balaban J connectivity index is 1.61. The molecule has 31 heavy (non-hydrogen) atoms. The zero-order valence-electron chi connectivity index (χ0n) is 18.2. The van der Waals surface area contributed by atoms with Crippen LogP contribution in [-0.2, 0) is 11.3 Å². The minimum absolute atomic E-state index is 0.176. The van der Waals surface area contributed by atoms with Gasteiger partial charge in [0, 0.05) is 13.1 Å². The molecular formula is C24H31FN4O2. The van der Waals surface area contributed by atoms with E-state index in [9.17, 15) is 14.0 Å². The zero-order chi connectivity index (χ0) is 22.3. The number of rotatable bonds is 8. The number of halogens is 1. The molecule has 7 heteroatoms. The van der Waals surface area contributed by atoms with Crippen LogP contribution in [0.1, 0.15) is 42.9 Å². The van der Waals surface area contributed by atoms with Gasteiger partial charge in [0.2, 0.25) is 5.91 Å². The number of hydrogen-bond acceptors (Lipinski definition) is 3. The molecule has 3 rings (SSSR count). The van der Waals surface area contributed by atoms with Crippen LogP contribution in [-0.4, -0.2) is 43.0 Å². The van der Waals surface area contributed by atoms with Crippen molar-refractivity contribution in [3.8, 4) is 0 Å². The number of amides is 3. The number of carbonyl (C=O) groups is 2. The molecule has 0 radical (unpaired) electrons. The van der Waals surface area contributed by atoms with Gasteiger partial charge in [0.05, 0.1) is 6.04 Å². The summed E-state index contributed by atoms with van der Waals surface area (Å²) in [6.07, 6.45) is 2.97. The summed E-state index contributed by atoms with van der Waals surface area (Å²) in [4.78, 5) is 27.6. The summed E-state index contributed by atoms with van der Waals surface area (Å²) in [5.41, 5.74) is 0.866. The first-order chi connectivity index (χ1) is 14.9. The van der Waals surface area contributed by atoms with E-state index in [0.717, 1.165) is 24.0 Å². The number of benzene rings is 2. The minimum Gasteiger partial charge on any atom is -0.352 e. The van der Waals surface area contributed by atoms with Crippen LogP contribution in [0.5, 0.6) is 0 Å². The Morgan fingerprint density at radius 1 is 1.03 bits per heavy atom. The maximum absolute atomic E-state index is 13.7. The van der Waals surface area contributed by atoms with Crippen molar-refractivity contribution in [2.45, 2.75) is 43.8 Å². The van der Waals surface area contributed by atoms with Gasteiger partial charge in [-0.2, -0.15) is 0 Å². The average molecular weight is 427 g/mol. The zero-order valence-corrected chi connectivity index (χ0v) is 18.2. The van der Waals surface area contributed by atoms with E-state index in [0.29, 0.717) is 25.9 Å². The standard InChI is InChI=1S/C24H31FN4O2/c1-29(2)21(19-11-8-12-20(25)15-19)17-26-22(30)24(13-6-7-14-24)28-23(31)27-16-18-9-4-3-5-10-18/h3-5,8-12,15,21H,6-7,13-14,16-17H2,1-2H3,(H,26,30)(H2,27,28,31). The smallest absolute Gasteiger partial charge is 0.315 e. The number of carbonyl (C=O) groups excluding carboxylic acids is 2. The third kappa shape index (κ3) is 6.04. The third-order valence-corrected chi connectivity index (χ3v) is 5.85. The van der Waals surface area contributed by atoms with Gasteiger partial charge in [-0.05, 0) is 50.2 Å². The van der Waals surface area contributed by atoms with Gasteiger partial charge in [-0.15, -0.1) is 0 Å². The predicted molar refractivity (Wildman–Crippen MR) is 119 cm³/mol. The maximum atomic E-state index is 13.7. The molecule has 0 heterocycles. The van der Waals surface area contributed by atoms with E-state index < -0.39 is 5.54 Å². The number of nitrogens with one attached hydrogen (secondary N) is 3. The highest BCUT2D eigenvalue weighted by Gasteiger charge is 2.42. The molecule has 3 N–H and O–H groups in total. The van der Waals surface area contributed by atoms with E-state index >= 15 is 0 Å². The van der Waals surface area contributed by atoms with Crippen molar-refractivity contribution in [1.29, 1.82) is 0 Å². The highest BCUT2D eigenvalue weighted by Crippen LogP contribution is 2.30. The maximum Gasteiger partial charge on any atom is 0.315 e. The summed E-state index contributed by atoms with van der Waals surface area (Å²) in [6, 6.07) is 15.5. The van der Waals surface area contributed by atoms with Gasteiger partial charge in [-0.1, -0.05) is 55.3 Å². The summed E-state index contributed by atoms with van der Waals surface area (Å²) in [7, 11) is 3.78. The number of nitrogens with zero attached hydrogens (tertiary/aromatic N) is 1. The molecule has 6 nitrogen and oxygen atoms in total. The van der Waals surface area contributed by atoms with Crippen LogP contribution in [0.3, 0.4) is 0 Å². The van der Waals surface area contributed by atoms with Crippen molar-refractivity contribution < 1.29 is 14.0 Å². The molecule has 1 unspecified atom stereocenters. The van der Waals surface area contributed by atoms with Crippen molar-refractivity contribution in [1.82, 2.24) is 20.9 Å². The molecule has 166 valence electrons. The molecular weight excluding hydrogens is 395 g/mol. The lowest BCUT2D eigenvalue weighted by Gasteiger charge is -2.31. The SMILES string of the molecule is CN(C)C(CNC(=O)C1(NC(=O)NCc2ccccc2)CCCC1)c1cccc(F)c1. The third-order valence-electron chi connectivity index (χ3n) is 5.85. The fraction of sp³-hybridized carbons (Fsp3) is 0.417. The number of hydrogen-bond donors (Lipinski definition) is 3. The van der Waals surface area contributed by atoms with Crippen LogP contribution in [0.25, 0.3) is 0 Å². The Morgan fingerprint density at radius 2 is 1.74 bits per heavy atom. The molecule has 0 spiro atoms. The monoisotopic (exact) mass is 426 g/mol. The average Bonchev–Trinajstić information content (AvgIpc) is 3.22. The molecule has 1 aliphatic rings. The van der Waals surface area contributed by atoms with Crippen LogP contribution in [0.15, 0.2) is 54.6 Å². The molecule has 1 atom stereocenters. The second-order valence-electron chi connectivity index (χ2n) is 8.33. The lowest BCUT2D eigenvalue weighted by atomic mass is 9.96. The van der Waals surface area contributed by atoms with Crippen LogP contribution < -0.4 is 16.0 Å². The van der Waals surface area contributed by atoms with Gasteiger partial charge in [-0.25, -0.2) is 9.18 Å². The molecule has 2 aromatic rings. The highest BCUT2D eigenvalue weighted by molar-refractivity contribution is 5.91. The first-order valence-corrected chi connectivity index (χ1v) is 10.7. The van der Waals surface area contributed by atoms with E-state index in [-0.39, 0.29) is 23.8 Å². The van der Waals surface area contributed by atoms with E-state index in [1.165, 1.54) is 12.1 Å². The molecule has 1 saturated carbocycles. The van der Waals surface area contributed by atoms with Crippen molar-refractivity contribution >= 4 is 11.9 Å². The Bertz CT molecular complexity index is 882. The van der Waals surface area contributed by atoms with E-state index in [2.05, 4.69) is 16.0 Å².